The number of nitrogens with one attached hydrogen (secondary N) is 2. The Kier molecular flexibility index (Phi) is 2.97. The molecule has 4 rings (SSSR count). The van der Waals surface area contributed by atoms with Gasteiger partial charge in [0.25, 0.3) is 0 Å². The van der Waals surface area contributed by atoms with Crippen molar-refractivity contribution >= 4 is 28.3 Å². The molecule has 0 saturated carbocycles. The lowest BCUT2D eigenvalue weighted by atomic mass is 10.3. The van der Waals surface area contributed by atoms with E-state index in [2.05, 4.69) is 15.8 Å². The Bertz CT molecular complexity index is 1010. The van der Waals surface area contributed by atoms with Crippen molar-refractivity contribution in [2.75, 3.05) is 5.43 Å². The number of halogens is 1. The SMILES string of the molecule is O=C(NNc1nc2cc(F)ccc2n2cccc12)c1ccco1. The van der Waals surface area contributed by atoms with Crippen LogP contribution < -0.4 is 10.9 Å². The Morgan fingerprint density at radius 3 is 2.91 bits per heavy atom. The van der Waals surface area contributed by atoms with Gasteiger partial charge < -0.3 is 8.82 Å². The number of benzene rings is 1. The fourth-order valence-electron chi connectivity index (χ4n) is 2.43. The van der Waals surface area contributed by atoms with E-state index in [0.29, 0.717) is 11.3 Å². The maximum absolute atomic E-state index is 13.4. The summed E-state index contributed by atoms with van der Waals surface area (Å²) in [6.45, 7) is 0. The summed E-state index contributed by atoms with van der Waals surface area (Å²) < 4.78 is 20.3. The summed E-state index contributed by atoms with van der Waals surface area (Å²) in [5.41, 5.74) is 7.27. The molecule has 0 fully saturated rings. The van der Waals surface area contributed by atoms with Gasteiger partial charge >= 0.3 is 5.91 Å². The molecule has 1 aromatic carbocycles. The number of anilines is 1. The van der Waals surface area contributed by atoms with Crippen molar-refractivity contribution in [3.63, 3.8) is 0 Å². The molecule has 0 spiro atoms. The highest BCUT2D eigenvalue weighted by Crippen LogP contribution is 2.22. The predicted octanol–water partition coefficient (Wildman–Crippen LogP) is 2.98. The minimum atomic E-state index is -0.430. The van der Waals surface area contributed by atoms with E-state index >= 15 is 0 Å². The lowest BCUT2D eigenvalue weighted by Crippen LogP contribution is -2.29. The summed E-state index contributed by atoms with van der Waals surface area (Å²) in [6, 6.07) is 11.3. The Labute approximate surface area is 129 Å². The molecular weight excluding hydrogens is 299 g/mol. The zero-order valence-electron chi connectivity index (χ0n) is 11.8. The van der Waals surface area contributed by atoms with E-state index in [0.717, 1.165) is 11.0 Å². The first-order valence-electron chi connectivity index (χ1n) is 6.88. The Morgan fingerprint density at radius 1 is 1.17 bits per heavy atom. The fourth-order valence-corrected chi connectivity index (χ4v) is 2.43. The van der Waals surface area contributed by atoms with Gasteiger partial charge in [0.1, 0.15) is 5.82 Å². The largest absolute Gasteiger partial charge is 0.459 e. The first kappa shape index (κ1) is 13.3. The highest BCUT2D eigenvalue weighted by Gasteiger charge is 2.11. The topological polar surface area (TPSA) is 71.6 Å². The third-order valence-corrected chi connectivity index (χ3v) is 3.46. The molecule has 0 aliphatic carbocycles. The standard InChI is InChI=1S/C16H11FN4O2/c17-10-5-6-12-11(9-10)18-15(13-3-1-7-21(12)13)19-20-16(22)14-4-2-8-23-14/h1-9H,(H,18,19)(H,20,22). The van der Waals surface area contributed by atoms with Crippen molar-refractivity contribution in [2.24, 2.45) is 0 Å². The molecule has 7 heteroatoms. The molecule has 23 heavy (non-hydrogen) atoms. The molecule has 0 atom stereocenters. The first-order chi connectivity index (χ1) is 11.2. The summed E-state index contributed by atoms with van der Waals surface area (Å²) in [6.07, 6.45) is 3.26. The normalized spacial score (nSPS) is 11.0. The molecule has 6 nitrogen and oxygen atoms in total. The van der Waals surface area contributed by atoms with Crippen LogP contribution in [0.5, 0.6) is 0 Å². The second-order valence-corrected chi connectivity index (χ2v) is 4.91. The van der Waals surface area contributed by atoms with E-state index < -0.39 is 5.91 Å². The maximum Gasteiger partial charge on any atom is 0.305 e. The minimum absolute atomic E-state index is 0.177. The molecule has 3 heterocycles. The Hall–Kier alpha value is -3.35. The number of carbonyl (C=O) groups is 1. The lowest BCUT2D eigenvalue weighted by Gasteiger charge is -2.11. The predicted molar refractivity (Wildman–Crippen MR) is 82.5 cm³/mol. The van der Waals surface area contributed by atoms with Gasteiger partial charge in [-0.3, -0.25) is 15.6 Å². The molecule has 0 bridgehead atoms. The van der Waals surface area contributed by atoms with Crippen molar-refractivity contribution in [1.82, 2.24) is 14.8 Å². The van der Waals surface area contributed by atoms with Crippen molar-refractivity contribution in [1.29, 1.82) is 0 Å². The monoisotopic (exact) mass is 310 g/mol. The Balaban J connectivity index is 1.73. The molecule has 0 aliphatic rings. The van der Waals surface area contributed by atoms with E-state index in [4.69, 9.17) is 4.42 Å². The van der Waals surface area contributed by atoms with Crippen LogP contribution in [0, 0.1) is 5.82 Å². The summed E-state index contributed by atoms with van der Waals surface area (Å²) in [5.74, 6) is -0.216. The molecule has 0 saturated heterocycles. The molecule has 3 aromatic heterocycles. The van der Waals surface area contributed by atoms with Gasteiger partial charge in [0, 0.05) is 12.3 Å². The molecule has 114 valence electrons. The van der Waals surface area contributed by atoms with Crippen LogP contribution >= 0.6 is 0 Å². The average molecular weight is 310 g/mol. The number of nitrogens with zero attached hydrogens (tertiary/aromatic N) is 2. The number of rotatable bonds is 3. The number of hydrogen-bond acceptors (Lipinski definition) is 4. The number of amides is 1. The molecule has 2 N–H and O–H groups in total. The second-order valence-electron chi connectivity index (χ2n) is 4.91. The van der Waals surface area contributed by atoms with Crippen LogP contribution in [-0.4, -0.2) is 15.3 Å². The van der Waals surface area contributed by atoms with Gasteiger partial charge in [-0.15, -0.1) is 0 Å². The molecule has 0 aliphatic heterocycles. The summed E-state index contributed by atoms with van der Waals surface area (Å²) >= 11 is 0. The second kappa shape index (κ2) is 5.13. The van der Waals surface area contributed by atoms with E-state index in [9.17, 15) is 9.18 Å². The Morgan fingerprint density at radius 2 is 2.09 bits per heavy atom. The van der Waals surface area contributed by atoms with Crippen molar-refractivity contribution in [2.45, 2.75) is 0 Å². The van der Waals surface area contributed by atoms with Crippen LogP contribution in [0.15, 0.2) is 59.3 Å². The van der Waals surface area contributed by atoms with Gasteiger partial charge in [-0.25, -0.2) is 9.37 Å². The highest BCUT2D eigenvalue weighted by molar-refractivity contribution is 5.93. The zero-order chi connectivity index (χ0) is 15.8. The maximum atomic E-state index is 13.4. The number of aromatic nitrogens is 2. The van der Waals surface area contributed by atoms with Crippen molar-refractivity contribution in [3.05, 3.63) is 66.5 Å². The average Bonchev–Trinajstić information content (AvgIpc) is 3.23. The molecule has 1 amide bonds. The van der Waals surface area contributed by atoms with Crippen molar-refractivity contribution < 1.29 is 13.6 Å². The van der Waals surface area contributed by atoms with E-state index in [-0.39, 0.29) is 11.6 Å². The van der Waals surface area contributed by atoms with Crippen LogP contribution in [0.1, 0.15) is 10.6 Å². The number of fused-ring (bicyclic) bond motifs is 3. The van der Waals surface area contributed by atoms with E-state index in [1.165, 1.54) is 18.4 Å². The van der Waals surface area contributed by atoms with Gasteiger partial charge in [0.2, 0.25) is 0 Å². The fraction of sp³-hybridized carbons (Fsp3) is 0. The minimum Gasteiger partial charge on any atom is -0.459 e. The van der Waals surface area contributed by atoms with Gasteiger partial charge in [-0.05, 0) is 36.4 Å². The third-order valence-electron chi connectivity index (χ3n) is 3.46. The van der Waals surface area contributed by atoms with Crippen LogP contribution in [-0.2, 0) is 0 Å². The zero-order valence-corrected chi connectivity index (χ0v) is 11.8. The number of furan rings is 1. The van der Waals surface area contributed by atoms with Crippen LogP contribution in [0.25, 0.3) is 16.6 Å². The third kappa shape index (κ3) is 2.28. The lowest BCUT2D eigenvalue weighted by molar-refractivity contribution is 0.0935. The smallest absolute Gasteiger partial charge is 0.305 e. The number of carbonyl (C=O) groups excluding carboxylic acids is 1. The summed E-state index contributed by atoms with van der Waals surface area (Å²) in [5, 5.41) is 0. The van der Waals surface area contributed by atoms with Gasteiger partial charge in [-0.2, -0.15) is 0 Å². The number of hydrogen-bond donors (Lipinski definition) is 2. The van der Waals surface area contributed by atoms with E-state index in [1.54, 1.807) is 18.2 Å². The van der Waals surface area contributed by atoms with Gasteiger partial charge in [-0.1, -0.05) is 0 Å². The quantitative estimate of drug-likeness (QED) is 0.571. The molecule has 0 radical (unpaired) electrons. The summed E-state index contributed by atoms with van der Waals surface area (Å²) in [7, 11) is 0. The highest BCUT2D eigenvalue weighted by atomic mass is 19.1. The molecular formula is C16H11FN4O2. The van der Waals surface area contributed by atoms with E-state index in [1.807, 2.05) is 22.7 Å². The van der Waals surface area contributed by atoms with Crippen molar-refractivity contribution in [3.8, 4) is 0 Å². The van der Waals surface area contributed by atoms with Gasteiger partial charge in [0.05, 0.1) is 22.8 Å². The summed E-state index contributed by atoms with van der Waals surface area (Å²) in [4.78, 5) is 16.3. The van der Waals surface area contributed by atoms with Crippen LogP contribution in [0.3, 0.4) is 0 Å². The van der Waals surface area contributed by atoms with Gasteiger partial charge in [0.15, 0.2) is 11.6 Å². The molecule has 4 aromatic rings. The van der Waals surface area contributed by atoms with Crippen LogP contribution in [0.2, 0.25) is 0 Å². The molecule has 0 unspecified atom stereocenters. The van der Waals surface area contributed by atoms with Crippen LogP contribution in [0.4, 0.5) is 10.2 Å². The number of hydrazine groups is 1. The first-order valence-corrected chi connectivity index (χ1v) is 6.88.